The van der Waals surface area contributed by atoms with E-state index in [1.54, 1.807) is 30.3 Å². The highest BCUT2D eigenvalue weighted by Crippen LogP contribution is 2.30. The van der Waals surface area contributed by atoms with Crippen LogP contribution in [0.5, 0.6) is 0 Å². The first-order chi connectivity index (χ1) is 10.0. The Labute approximate surface area is 125 Å². The standard InChI is InChI=1S/C16H11ClFNO2/c17-12-8-14-10(7-16(21)19-14)5-11(12)15(20)6-9-3-1-2-4-13(9)18/h1-5,8H,6-7H2,(H,19,21). The van der Waals surface area contributed by atoms with Crippen LogP contribution in [0.4, 0.5) is 10.1 Å². The van der Waals surface area contributed by atoms with E-state index < -0.39 is 5.82 Å². The Morgan fingerprint density at radius 3 is 2.81 bits per heavy atom. The predicted octanol–water partition coefficient (Wildman–Crippen LogP) is 3.40. The van der Waals surface area contributed by atoms with Crippen LogP contribution in [0.3, 0.4) is 0 Å². The van der Waals surface area contributed by atoms with E-state index in [0.717, 1.165) is 5.56 Å². The zero-order valence-corrected chi connectivity index (χ0v) is 11.7. The van der Waals surface area contributed by atoms with Crippen molar-refractivity contribution >= 4 is 29.0 Å². The smallest absolute Gasteiger partial charge is 0.228 e. The third kappa shape index (κ3) is 2.67. The molecule has 0 fully saturated rings. The van der Waals surface area contributed by atoms with Gasteiger partial charge < -0.3 is 5.32 Å². The number of fused-ring (bicyclic) bond motifs is 1. The number of benzene rings is 2. The number of hydrogen-bond acceptors (Lipinski definition) is 2. The Bertz CT molecular complexity index is 758. The Hall–Kier alpha value is -2.20. The number of carbonyl (C=O) groups is 2. The Morgan fingerprint density at radius 1 is 1.29 bits per heavy atom. The molecule has 2 aromatic carbocycles. The van der Waals surface area contributed by atoms with Crippen LogP contribution < -0.4 is 5.32 Å². The van der Waals surface area contributed by atoms with Gasteiger partial charge in [0.2, 0.25) is 5.91 Å². The maximum Gasteiger partial charge on any atom is 0.228 e. The van der Waals surface area contributed by atoms with Gasteiger partial charge in [0.1, 0.15) is 5.82 Å². The van der Waals surface area contributed by atoms with Gasteiger partial charge in [0, 0.05) is 17.7 Å². The van der Waals surface area contributed by atoms with Gasteiger partial charge in [0.05, 0.1) is 11.4 Å². The SMILES string of the molecule is O=C1Cc2cc(C(=O)Cc3ccccc3F)c(Cl)cc2N1. The summed E-state index contributed by atoms with van der Waals surface area (Å²) in [6.45, 7) is 0. The van der Waals surface area contributed by atoms with Crippen LogP contribution in [-0.2, 0) is 17.6 Å². The van der Waals surface area contributed by atoms with Crippen molar-refractivity contribution in [1.29, 1.82) is 0 Å². The number of Topliss-reactive ketones (excluding diaryl/α,β-unsaturated/α-hetero) is 1. The maximum absolute atomic E-state index is 13.6. The van der Waals surface area contributed by atoms with Crippen molar-refractivity contribution in [1.82, 2.24) is 0 Å². The van der Waals surface area contributed by atoms with Crippen LogP contribution in [-0.4, -0.2) is 11.7 Å². The van der Waals surface area contributed by atoms with Crippen molar-refractivity contribution < 1.29 is 14.0 Å². The van der Waals surface area contributed by atoms with E-state index in [9.17, 15) is 14.0 Å². The highest BCUT2D eigenvalue weighted by molar-refractivity contribution is 6.34. The molecular weight excluding hydrogens is 293 g/mol. The summed E-state index contributed by atoms with van der Waals surface area (Å²) >= 11 is 6.09. The number of ketones is 1. The van der Waals surface area contributed by atoms with E-state index in [4.69, 9.17) is 11.6 Å². The second-order valence-electron chi connectivity index (χ2n) is 4.91. The molecule has 106 valence electrons. The van der Waals surface area contributed by atoms with E-state index >= 15 is 0 Å². The van der Waals surface area contributed by atoms with E-state index in [1.807, 2.05) is 0 Å². The minimum absolute atomic E-state index is 0.0629. The van der Waals surface area contributed by atoms with Crippen molar-refractivity contribution in [3.63, 3.8) is 0 Å². The molecule has 3 rings (SSSR count). The van der Waals surface area contributed by atoms with Crippen molar-refractivity contribution in [2.24, 2.45) is 0 Å². The van der Waals surface area contributed by atoms with Gasteiger partial charge in [-0.05, 0) is 29.3 Å². The lowest BCUT2D eigenvalue weighted by atomic mass is 10.00. The molecule has 0 spiro atoms. The molecule has 3 nitrogen and oxygen atoms in total. The third-order valence-corrected chi connectivity index (χ3v) is 3.74. The van der Waals surface area contributed by atoms with Gasteiger partial charge in [-0.2, -0.15) is 0 Å². The summed E-state index contributed by atoms with van der Waals surface area (Å²) in [5, 5.41) is 2.93. The number of halogens is 2. The van der Waals surface area contributed by atoms with Crippen LogP contribution >= 0.6 is 11.6 Å². The molecule has 0 saturated carbocycles. The lowest BCUT2D eigenvalue weighted by Gasteiger charge is -2.07. The summed E-state index contributed by atoms with van der Waals surface area (Å²) in [5.74, 6) is -0.813. The lowest BCUT2D eigenvalue weighted by molar-refractivity contribution is -0.115. The number of rotatable bonds is 3. The monoisotopic (exact) mass is 303 g/mol. The molecule has 0 aromatic heterocycles. The van der Waals surface area contributed by atoms with E-state index in [-0.39, 0.29) is 29.6 Å². The maximum atomic E-state index is 13.6. The number of amides is 1. The summed E-state index contributed by atoms with van der Waals surface area (Å²) in [4.78, 5) is 23.7. The minimum Gasteiger partial charge on any atom is -0.325 e. The molecule has 2 aromatic rings. The van der Waals surface area contributed by atoms with Crippen LogP contribution in [0, 0.1) is 5.82 Å². The number of nitrogens with one attached hydrogen (secondary N) is 1. The molecule has 0 bridgehead atoms. The Balaban J connectivity index is 1.91. The summed E-state index contributed by atoms with van der Waals surface area (Å²) in [7, 11) is 0. The quantitative estimate of drug-likeness (QED) is 0.883. The summed E-state index contributed by atoms with van der Waals surface area (Å²) in [5.41, 5.74) is 2.01. The second kappa shape index (κ2) is 5.30. The first kappa shape index (κ1) is 13.8. The third-order valence-electron chi connectivity index (χ3n) is 3.43. The van der Waals surface area contributed by atoms with Gasteiger partial charge in [-0.3, -0.25) is 9.59 Å². The fraction of sp³-hybridized carbons (Fsp3) is 0.125. The molecule has 1 aliphatic rings. The van der Waals surface area contributed by atoms with E-state index in [2.05, 4.69) is 5.32 Å². The summed E-state index contributed by atoms with van der Waals surface area (Å²) in [6, 6.07) is 9.31. The van der Waals surface area contributed by atoms with Gasteiger partial charge in [-0.1, -0.05) is 29.8 Å². The Kier molecular flexibility index (Phi) is 3.47. The zero-order valence-electron chi connectivity index (χ0n) is 11.0. The van der Waals surface area contributed by atoms with E-state index in [1.165, 1.54) is 6.07 Å². The number of hydrogen-bond donors (Lipinski definition) is 1. The first-order valence-electron chi connectivity index (χ1n) is 6.43. The minimum atomic E-state index is -0.417. The van der Waals surface area contributed by atoms with Gasteiger partial charge >= 0.3 is 0 Å². The Morgan fingerprint density at radius 2 is 2.05 bits per heavy atom. The van der Waals surface area contributed by atoms with Crippen molar-refractivity contribution in [2.75, 3.05) is 5.32 Å². The molecule has 0 radical (unpaired) electrons. The normalized spacial score (nSPS) is 13.0. The molecule has 1 amide bonds. The zero-order chi connectivity index (χ0) is 15.0. The van der Waals surface area contributed by atoms with Gasteiger partial charge in [-0.25, -0.2) is 4.39 Å². The summed E-state index contributed by atoms with van der Waals surface area (Å²) < 4.78 is 13.6. The molecule has 0 atom stereocenters. The van der Waals surface area contributed by atoms with Crippen LogP contribution in [0.1, 0.15) is 21.5 Å². The molecule has 1 N–H and O–H groups in total. The molecule has 0 unspecified atom stereocenters. The van der Waals surface area contributed by atoms with E-state index in [0.29, 0.717) is 16.8 Å². The predicted molar refractivity (Wildman–Crippen MR) is 78.2 cm³/mol. The highest BCUT2D eigenvalue weighted by atomic mass is 35.5. The topological polar surface area (TPSA) is 46.2 Å². The highest BCUT2D eigenvalue weighted by Gasteiger charge is 2.22. The van der Waals surface area contributed by atoms with Gasteiger partial charge in [-0.15, -0.1) is 0 Å². The fourth-order valence-electron chi connectivity index (χ4n) is 2.37. The van der Waals surface area contributed by atoms with Crippen LogP contribution in [0.25, 0.3) is 0 Å². The largest absolute Gasteiger partial charge is 0.325 e. The van der Waals surface area contributed by atoms with Gasteiger partial charge in [0.15, 0.2) is 5.78 Å². The van der Waals surface area contributed by atoms with Gasteiger partial charge in [0.25, 0.3) is 0 Å². The van der Waals surface area contributed by atoms with Crippen LogP contribution in [0.15, 0.2) is 36.4 Å². The number of anilines is 1. The molecule has 21 heavy (non-hydrogen) atoms. The molecule has 5 heteroatoms. The van der Waals surface area contributed by atoms with Crippen LogP contribution in [0.2, 0.25) is 5.02 Å². The summed E-state index contributed by atoms with van der Waals surface area (Å²) in [6.07, 6.45) is 0.166. The fourth-order valence-corrected chi connectivity index (χ4v) is 2.64. The van der Waals surface area contributed by atoms with Crippen molar-refractivity contribution in [3.8, 4) is 0 Å². The van der Waals surface area contributed by atoms with Crippen molar-refractivity contribution in [2.45, 2.75) is 12.8 Å². The molecule has 1 aliphatic heterocycles. The van der Waals surface area contributed by atoms with Crippen molar-refractivity contribution in [3.05, 3.63) is 63.9 Å². The average Bonchev–Trinajstić information content (AvgIpc) is 2.79. The molecule has 0 saturated heterocycles. The second-order valence-corrected chi connectivity index (χ2v) is 5.31. The number of carbonyl (C=O) groups excluding carboxylic acids is 2. The first-order valence-corrected chi connectivity index (χ1v) is 6.81. The lowest BCUT2D eigenvalue weighted by Crippen LogP contribution is -2.06. The average molecular weight is 304 g/mol. The molecule has 0 aliphatic carbocycles. The molecule has 1 heterocycles. The molecular formula is C16H11ClFNO2.